The van der Waals surface area contributed by atoms with Crippen molar-refractivity contribution in [3.63, 3.8) is 0 Å². The highest BCUT2D eigenvalue weighted by Crippen LogP contribution is 2.22. The molecule has 0 aromatic carbocycles. The van der Waals surface area contributed by atoms with Crippen molar-refractivity contribution in [2.75, 3.05) is 14.1 Å². The van der Waals surface area contributed by atoms with Gasteiger partial charge in [-0.05, 0) is 39.7 Å². The molecule has 0 bridgehead atoms. The van der Waals surface area contributed by atoms with Gasteiger partial charge in [-0.3, -0.25) is 4.79 Å². The van der Waals surface area contributed by atoms with Gasteiger partial charge in [0, 0.05) is 25.2 Å². The minimum Gasteiger partial charge on any atom is -0.339 e. The van der Waals surface area contributed by atoms with E-state index >= 15 is 0 Å². The first-order valence-corrected chi connectivity index (χ1v) is 6.42. The van der Waals surface area contributed by atoms with E-state index in [1.54, 1.807) is 12.2 Å². The van der Waals surface area contributed by atoms with Crippen LogP contribution in [0.3, 0.4) is 0 Å². The molecule has 0 saturated heterocycles. The van der Waals surface area contributed by atoms with Gasteiger partial charge in [-0.2, -0.15) is 0 Å². The van der Waals surface area contributed by atoms with Gasteiger partial charge in [0.05, 0.1) is 0 Å². The Morgan fingerprint density at radius 2 is 1.88 bits per heavy atom. The maximum absolute atomic E-state index is 11.9. The van der Waals surface area contributed by atoms with E-state index in [2.05, 4.69) is 5.32 Å². The zero-order valence-corrected chi connectivity index (χ0v) is 11.1. The third-order valence-electron chi connectivity index (χ3n) is 3.54. The summed E-state index contributed by atoms with van der Waals surface area (Å²) in [6.45, 7) is 1.94. The summed E-state index contributed by atoms with van der Waals surface area (Å²) in [6.07, 6.45) is 11.8. The largest absolute Gasteiger partial charge is 0.339 e. The molecule has 1 aliphatic rings. The second-order valence-electron chi connectivity index (χ2n) is 4.63. The summed E-state index contributed by atoms with van der Waals surface area (Å²) in [4.78, 5) is 13.7. The molecule has 3 heteroatoms. The first kappa shape index (κ1) is 14.0. The molecule has 0 atom stereocenters. The molecular formula is C14H24N2O. The lowest BCUT2D eigenvalue weighted by atomic mass is 9.90. The van der Waals surface area contributed by atoms with Crippen LogP contribution in [-0.2, 0) is 4.79 Å². The summed E-state index contributed by atoms with van der Waals surface area (Å²) in [5.41, 5.74) is 0. The van der Waals surface area contributed by atoms with Crippen LogP contribution in [0.15, 0.2) is 24.3 Å². The molecule has 17 heavy (non-hydrogen) atoms. The van der Waals surface area contributed by atoms with Crippen LogP contribution in [-0.4, -0.2) is 37.0 Å². The standard InChI is InChI=1S/C14H24N2O/c1-4-5-6-7-14(17)16(3)13-10-8-12(15-2)9-11-13/h4-7,12-13,15H,8-11H2,1-3H3. The highest BCUT2D eigenvalue weighted by molar-refractivity contribution is 5.87. The van der Waals surface area contributed by atoms with Crippen molar-refractivity contribution in [2.45, 2.75) is 44.7 Å². The van der Waals surface area contributed by atoms with Crippen molar-refractivity contribution in [1.82, 2.24) is 10.2 Å². The van der Waals surface area contributed by atoms with Gasteiger partial charge in [0.1, 0.15) is 0 Å². The Hall–Kier alpha value is -1.09. The molecule has 0 aromatic heterocycles. The van der Waals surface area contributed by atoms with Gasteiger partial charge >= 0.3 is 0 Å². The third kappa shape index (κ3) is 4.35. The van der Waals surface area contributed by atoms with Crippen molar-refractivity contribution < 1.29 is 4.79 Å². The van der Waals surface area contributed by atoms with Crippen LogP contribution in [0.5, 0.6) is 0 Å². The summed E-state index contributed by atoms with van der Waals surface area (Å²) >= 11 is 0. The van der Waals surface area contributed by atoms with Crippen LogP contribution in [0.2, 0.25) is 0 Å². The van der Waals surface area contributed by atoms with E-state index < -0.39 is 0 Å². The molecule has 96 valence electrons. The van der Waals surface area contributed by atoms with E-state index in [1.807, 2.05) is 38.1 Å². The number of rotatable bonds is 4. The first-order chi connectivity index (χ1) is 8.19. The fourth-order valence-electron chi connectivity index (χ4n) is 2.30. The Morgan fingerprint density at radius 3 is 2.41 bits per heavy atom. The Morgan fingerprint density at radius 1 is 1.24 bits per heavy atom. The van der Waals surface area contributed by atoms with Gasteiger partial charge < -0.3 is 10.2 Å². The second kappa shape index (κ2) is 7.28. The Bertz CT molecular complexity index is 289. The number of allylic oxidation sites excluding steroid dienone is 3. The van der Waals surface area contributed by atoms with Crippen LogP contribution >= 0.6 is 0 Å². The topological polar surface area (TPSA) is 32.3 Å². The van der Waals surface area contributed by atoms with Crippen molar-refractivity contribution >= 4 is 5.91 Å². The molecule has 3 nitrogen and oxygen atoms in total. The van der Waals surface area contributed by atoms with Gasteiger partial charge in [0.15, 0.2) is 0 Å². The first-order valence-electron chi connectivity index (χ1n) is 6.42. The number of amides is 1. The maximum Gasteiger partial charge on any atom is 0.246 e. The van der Waals surface area contributed by atoms with Crippen molar-refractivity contribution in [1.29, 1.82) is 0 Å². The third-order valence-corrected chi connectivity index (χ3v) is 3.54. The molecule has 0 aliphatic heterocycles. The number of likely N-dealkylation sites (N-methyl/N-ethyl adjacent to an activating group) is 1. The van der Waals surface area contributed by atoms with Crippen molar-refractivity contribution in [2.24, 2.45) is 0 Å². The molecular weight excluding hydrogens is 212 g/mol. The van der Waals surface area contributed by atoms with Gasteiger partial charge in [-0.25, -0.2) is 0 Å². The number of carbonyl (C=O) groups is 1. The Kier molecular flexibility index (Phi) is 5.98. The molecule has 0 spiro atoms. The summed E-state index contributed by atoms with van der Waals surface area (Å²) in [6, 6.07) is 1.04. The van der Waals surface area contributed by atoms with Crippen LogP contribution < -0.4 is 5.32 Å². The molecule has 1 saturated carbocycles. The quantitative estimate of drug-likeness (QED) is 0.599. The van der Waals surface area contributed by atoms with E-state index in [-0.39, 0.29) is 5.91 Å². The predicted octanol–water partition coefficient (Wildman–Crippen LogP) is 2.11. The normalized spacial score (nSPS) is 25.6. The molecule has 1 amide bonds. The fourth-order valence-corrected chi connectivity index (χ4v) is 2.30. The van der Waals surface area contributed by atoms with E-state index in [0.29, 0.717) is 12.1 Å². The minimum atomic E-state index is 0.107. The van der Waals surface area contributed by atoms with E-state index in [9.17, 15) is 4.79 Å². The maximum atomic E-state index is 11.9. The van der Waals surface area contributed by atoms with Gasteiger partial charge in [0.25, 0.3) is 0 Å². The molecule has 1 N–H and O–H groups in total. The smallest absolute Gasteiger partial charge is 0.246 e. The molecule has 1 rings (SSSR count). The molecule has 1 fully saturated rings. The van der Waals surface area contributed by atoms with E-state index in [0.717, 1.165) is 25.7 Å². The second-order valence-corrected chi connectivity index (χ2v) is 4.63. The number of hydrogen-bond acceptors (Lipinski definition) is 2. The van der Waals surface area contributed by atoms with Crippen LogP contribution in [0.4, 0.5) is 0 Å². The van der Waals surface area contributed by atoms with Gasteiger partial charge in [0.2, 0.25) is 5.91 Å². The Labute approximate surface area is 105 Å². The highest BCUT2D eigenvalue weighted by atomic mass is 16.2. The van der Waals surface area contributed by atoms with Crippen LogP contribution in [0, 0.1) is 0 Å². The highest BCUT2D eigenvalue weighted by Gasteiger charge is 2.24. The number of carbonyl (C=O) groups excluding carboxylic acids is 1. The average molecular weight is 236 g/mol. The molecule has 0 heterocycles. The summed E-state index contributed by atoms with van der Waals surface area (Å²) < 4.78 is 0. The lowest BCUT2D eigenvalue weighted by Crippen LogP contribution is -2.42. The Balaban J connectivity index is 2.42. The minimum absolute atomic E-state index is 0.107. The van der Waals surface area contributed by atoms with Crippen molar-refractivity contribution in [3.05, 3.63) is 24.3 Å². The number of nitrogens with zero attached hydrogens (tertiary/aromatic N) is 1. The average Bonchev–Trinajstić information content (AvgIpc) is 2.38. The SMILES string of the molecule is CC=CC=CC(=O)N(C)C1CCC(NC)CC1. The van der Waals surface area contributed by atoms with Crippen LogP contribution in [0.25, 0.3) is 0 Å². The monoisotopic (exact) mass is 236 g/mol. The van der Waals surface area contributed by atoms with E-state index in [4.69, 9.17) is 0 Å². The van der Waals surface area contributed by atoms with Crippen molar-refractivity contribution in [3.8, 4) is 0 Å². The molecule has 0 radical (unpaired) electrons. The summed E-state index contributed by atoms with van der Waals surface area (Å²) in [5, 5.41) is 3.31. The molecule has 0 unspecified atom stereocenters. The summed E-state index contributed by atoms with van der Waals surface area (Å²) in [5.74, 6) is 0.107. The van der Waals surface area contributed by atoms with Crippen LogP contribution in [0.1, 0.15) is 32.6 Å². The predicted molar refractivity (Wildman–Crippen MR) is 71.8 cm³/mol. The number of hydrogen-bond donors (Lipinski definition) is 1. The summed E-state index contributed by atoms with van der Waals surface area (Å²) in [7, 11) is 3.92. The lowest BCUT2D eigenvalue weighted by molar-refractivity contribution is -0.127. The van der Waals surface area contributed by atoms with E-state index in [1.165, 1.54) is 0 Å². The fraction of sp³-hybridized carbons (Fsp3) is 0.643. The molecule has 0 aromatic rings. The zero-order chi connectivity index (χ0) is 12.7. The molecule has 1 aliphatic carbocycles. The van der Waals surface area contributed by atoms with Gasteiger partial charge in [-0.15, -0.1) is 0 Å². The van der Waals surface area contributed by atoms with Gasteiger partial charge in [-0.1, -0.05) is 18.2 Å². The lowest BCUT2D eigenvalue weighted by Gasteiger charge is -2.34. The number of nitrogens with one attached hydrogen (secondary N) is 1. The zero-order valence-electron chi connectivity index (χ0n) is 11.1.